The van der Waals surface area contributed by atoms with Gasteiger partial charge in [0.2, 0.25) is 12.7 Å². The summed E-state index contributed by atoms with van der Waals surface area (Å²) in [5, 5.41) is 2.79. The first kappa shape index (κ1) is 25.3. The average molecular weight is 495 g/mol. The Morgan fingerprint density at radius 3 is 2.46 bits per heavy atom. The number of likely N-dealkylation sites (tertiary alicyclic amines) is 1. The van der Waals surface area contributed by atoms with E-state index in [0.29, 0.717) is 38.4 Å². The molecule has 9 heteroatoms. The topological polar surface area (TPSA) is 50.8 Å². The SMILES string of the molecule is CC(C)CC1(C(=O)NCc2cc(F)cc(C(F)(F)F)c2)CCN(Cc2ccc3c(c2)OCO3)CC1. The smallest absolute Gasteiger partial charge is 0.416 e. The van der Waals surface area contributed by atoms with Crippen LogP contribution in [0.4, 0.5) is 17.6 Å². The molecule has 5 nitrogen and oxygen atoms in total. The molecule has 1 amide bonds. The number of carbonyl (C=O) groups is 1. The molecule has 4 rings (SSSR count). The number of alkyl halides is 3. The van der Waals surface area contributed by atoms with Gasteiger partial charge in [-0.05, 0) is 79.7 Å². The van der Waals surface area contributed by atoms with Gasteiger partial charge in [-0.1, -0.05) is 19.9 Å². The number of hydrogen-bond donors (Lipinski definition) is 1. The summed E-state index contributed by atoms with van der Waals surface area (Å²) in [4.78, 5) is 15.6. The Morgan fingerprint density at radius 2 is 1.77 bits per heavy atom. The van der Waals surface area contributed by atoms with Crippen molar-refractivity contribution in [2.45, 2.75) is 52.4 Å². The summed E-state index contributed by atoms with van der Waals surface area (Å²) in [5.41, 5.74) is -0.484. The number of halogens is 4. The van der Waals surface area contributed by atoms with Crippen LogP contribution >= 0.6 is 0 Å². The number of hydrogen-bond acceptors (Lipinski definition) is 4. The largest absolute Gasteiger partial charge is 0.454 e. The summed E-state index contributed by atoms with van der Waals surface area (Å²) in [6, 6.07) is 8.24. The molecule has 35 heavy (non-hydrogen) atoms. The van der Waals surface area contributed by atoms with Crippen molar-refractivity contribution in [2.24, 2.45) is 11.3 Å². The van der Waals surface area contributed by atoms with E-state index in [2.05, 4.69) is 24.1 Å². The summed E-state index contributed by atoms with van der Waals surface area (Å²) in [6.45, 7) is 6.33. The maximum absolute atomic E-state index is 13.7. The van der Waals surface area contributed by atoms with Crippen LogP contribution in [0.2, 0.25) is 0 Å². The van der Waals surface area contributed by atoms with E-state index >= 15 is 0 Å². The molecular weight excluding hydrogens is 464 g/mol. The van der Waals surface area contributed by atoms with E-state index in [9.17, 15) is 22.4 Å². The van der Waals surface area contributed by atoms with Gasteiger partial charge in [0, 0.05) is 13.1 Å². The molecule has 2 aromatic carbocycles. The van der Waals surface area contributed by atoms with E-state index in [-0.39, 0.29) is 30.7 Å². The Hall–Kier alpha value is -2.81. The zero-order valence-corrected chi connectivity index (χ0v) is 19.9. The standard InChI is InChI=1S/C26H30F4N2O3/c1-17(2)13-25(24(33)31-14-19-9-20(26(28,29)30)12-21(27)10-19)5-7-32(8-6-25)15-18-3-4-22-23(11-18)35-16-34-22/h3-4,9-12,17H,5-8,13-16H2,1-2H3,(H,31,33). The number of fused-ring (bicyclic) bond motifs is 1. The lowest BCUT2D eigenvalue weighted by atomic mass is 9.72. The molecule has 0 aromatic heterocycles. The number of ether oxygens (including phenoxy) is 2. The highest BCUT2D eigenvalue weighted by atomic mass is 19.4. The molecule has 1 fully saturated rings. The van der Waals surface area contributed by atoms with Gasteiger partial charge in [0.25, 0.3) is 0 Å². The molecule has 0 spiro atoms. The summed E-state index contributed by atoms with van der Waals surface area (Å²) < 4.78 is 63.6. The monoisotopic (exact) mass is 494 g/mol. The van der Waals surface area contributed by atoms with Crippen molar-refractivity contribution < 1.29 is 31.8 Å². The van der Waals surface area contributed by atoms with Crippen LogP contribution in [-0.2, 0) is 24.1 Å². The fraction of sp³-hybridized carbons (Fsp3) is 0.500. The van der Waals surface area contributed by atoms with Crippen molar-refractivity contribution in [2.75, 3.05) is 19.9 Å². The molecule has 1 N–H and O–H groups in total. The van der Waals surface area contributed by atoms with Crippen molar-refractivity contribution in [3.63, 3.8) is 0 Å². The molecule has 2 aliphatic heterocycles. The van der Waals surface area contributed by atoms with Crippen LogP contribution in [0.1, 0.15) is 49.8 Å². The number of piperidine rings is 1. The second-order valence-corrected chi connectivity index (χ2v) is 9.87. The van der Waals surface area contributed by atoms with Gasteiger partial charge in [0.1, 0.15) is 5.82 Å². The maximum Gasteiger partial charge on any atom is 0.416 e. The summed E-state index contributed by atoms with van der Waals surface area (Å²) in [6.07, 6.45) is -2.70. The second-order valence-electron chi connectivity index (χ2n) is 9.87. The van der Waals surface area contributed by atoms with Crippen molar-refractivity contribution in [1.82, 2.24) is 10.2 Å². The molecule has 190 valence electrons. The van der Waals surface area contributed by atoms with Gasteiger partial charge in [0.05, 0.1) is 11.0 Å². The number of amides is 1. The van der Waals surface area contributed by atoms with Gasteiger partial charge >= 0.3 is 6.18 Å². The lowest BCUT2D eigenvalue weighted by Gasteiger charge is -2.41. The average Bonchev–Trinajstić information content (AvgIpc) is 3.25. The van der Waals surface area contributed by atoms with Crippen LogP contribution in [0.15, 0.2) is 36.4 Å². The second kappa shape index (κ2) is 10.0. The van der Waals surface area contributed by atoms with Gasteiger partial charge in [0.15, 0.2) is 11.5 Å². The number of carbonyl (C=O) groups excluding carboxylic acids is 1. The third kappa shape index (κ3) is 6.07. The lowest BCUT2D eigenvalue weighted by molar-refractivity contribution is -0.137. The van der Waals surface area contributed by atoms with Crippen LogP contribution < -0.4 is 14.8 Å². The maximum atomic E-state index is 13.7. The molecule has 2 aromatic rings. The van der Waals surface area contributed by atoms with Crippen LogP contribution in [0.25, 0.3) is 0 Å². The summed E-state index contributed by atoms with van der Waals surface area (Å²) >= 11 is 0. The summed E-state index contributed by atoms with van der Waals surface area (Å²) in [5.74, 6) is 0.580. The quantitative estimate of drug-likeness (QED) is 0.515. The normalized spacial score (nSPS) is 17.6. The molecule has 0 atom stereocenters. The van der Waals surface area contributed by atoms with Crippen LogP contribution in [0, 0.1) is 17.2 Å². The third-order valence-corrected chi connectivity index (χ3v) is 6.67. The lowest BCUT2D eigenvalue weighted by Crippen LogP contribution is -2.49. The Labute approximate surface area is 202 Å². The molecule has 1 saturated heterocycles. The minimum absolute atomic E-state index is 0.0885. The highest BCUT2D eigenvalue weighted by Gasteiger charge is 2.41. The van der Waals surface area contributed by atoms with Crippen LogP contribution in [0.3, 0.4) is 0 Å². The van der Waals surface area contributed by atoms with Gasteiger partial charge in [-0.2, -0.15) is 13.2 Å². The molecule has 2 aliphatic rings. The number of rotatable bonds is 7. The Bertz CT molecular complexity index is 1060. The van der Waals surface area contributed by atoms with E-state index < -0.39 is 23.0 Å². The first-order valence-electron chi connectivity index (χ1n) is 11.8. The van der Waals surface area contributed by atoms with Crippen molar-refractivity contribution in [3.8, 4) is 11.5 Å². The van der Waals surface area contributed by atoms with Crippen LogP contribution in [-0.4, -0.2) is 30.7 Å². The zero-order valence-electron chi connectivity index (χ0n) is 19.9. The van der Waals surface area contributed by atoms with E-state index in [1.54, 1.807) is 0 Å². The number of nitrogens with zero attached hydrogens (tertiary/aromatic N) is 1. The van der Waals surface area contributed by atoms with Gasteiger partial charge < -0.3 is 14.8 Å². The molecule has 0 aliphatic carbocycles. The minimum Gasteiger partial charge on any atom is -0.454 e. The summed E-state index contributed by atoms with van der Waals surface area (Å²) in [7, 11) is 0. The predicted octanol–water partition coefficient (Wildman–Crippen LogP) is 5.52. The molecule has 0 bridgehead atoms. The Kier molecular flexibility index (Phi) is 7.26. The molecule has 2 heterocycles. The highest BCUT2D eigenvalue weighted by Crippen LogP contribution is 2.39. The minimum atomic E-state index is -4.65. The molecule has 0 unspecified atom stereocenters. The van der Waals surface area contributed by atoms with Crippen molar-refractivity contribution >= 4 is 5.91 Å². The molecule has 0 radical (unpaired) electrons. The molecular formula is C26H30F4N2O3. The zero-order chi connectivity index (χ0) is 25.2. The van der Waals surface area contributed by atoms with Crippen molar-refractivity contribution in [3.05, 3.63) is 58.9 Å². The first-order chi connectivity index (χ1) is 16.5. The van der Waals surface area contributed by atoms with Gasteiger partial charge in [-0.15, -0.1) is 0 Å². The number of nitrogens with one attached hydrogen (secondary N) is 1. The van der Waals surface area contributed by atoms with E-state index in [4.69, 9.17) is 9.47 Å². The van der Waals surface area contributed by atoms with Gasteiger partial charge in [-0.3, -0.25) is 9.69 Å². The number of benzene rings is 2. The third-order valence-electron chi connectivity index (χ3n) is 6.67. The van der Waals surface area contributed by atoms with Gasteiger partial charge in [-0.25, -0.2) is 4.39 Å². The van der Waals surface area contributed by atoms with E-state index in [1.165, 1.54) is 0 Å². The van der Waals surface area contributed by atoms with Crippen LogP contribution in [0.5, 0.6) is 11.5 Å². The Morgan fingerprint density at radius 1 is 1.06 bits per heavy atom. The fourth-order valence-corrected chi connectivity index (χ4v) is 5.03. The first-order valence-corrected chi connectivity index (χ1v) is 11.8. The fourth-order valence-electron chi connectivity index (χ4n) is 5.03. The molecule has 0 saturated carbocycles. The highest BCUT2D eigenvalue weighted by molar-refractivity contribution is 5.82. The van der Waals surface area contributed by atoms with Crippen molar-refractivity contribution in [1.29, 1.82) is 0 Å². The van der Waals surface area contributed by atoms with E-state index in [1.807, 2.05) is 18.2 Å². The predicted molar refractivity (Wildman–Crippen MR) is 122 cm³/mol. The Balaban J connectivity index is 1.40. The van der Waals surface area contributed by atoms with E-state index in [0.717, 1.165) is 35.7 Å².